The lowest BCUT2D eigenvalue weighted by Gasteiger charge is -2.27. The predicted octanol–water partition coefficient (Wildman–Crippen LogP) is 5.80. The Morgan fingerprint density at radius 2 is 1.81 bits per heavy atom. The smallest absolute Gasteiger partial charge is 0.119 e. The van der Waals surface area contributed by atoms with Crippen LogP contribution in [0.2, 0.25) is 0 Å². The normalized spacial score (nSPS) is 21.6. The summed E-state index contributed by atoms with van der Waals surface area (Å²) < 4.78 is 5.78. The van der Waals surface area contributed by atoms with E-state index in [1.165, 1.54) is 38.5 Å². The molecule has 0 atom stereocenters. The molecule has 0 aromatic heterocycles. The predicted molar refractivity (Wildman–Crippen MR) is 91.6 cm³/mol. The van der Waals surface area contributed by atoms with Crippen LogP contribution in [0.3, 0.4) is 0 Å². The molecule has 3 heteroatoms. The fourth-order valence-electron chi connectivity index (χ4n) is 3.16. The number of aliphatic imine (C=N–C) groups is 1. The first-order valence-electron chi connectivity index (χ1n) is 8.12. The Hall–Kier alpha value is -1.18. The van der Waals surface area contributed by atoms with Gasteiger partial charge in [0.2, 0.25) is 0 Å². The number of isothiocyanates is 1. The second-order valence-electron chi connectivity index (χ2n) is 5.98. The van der Waals surface area contributed by atoms with Gasteiger partial charge in [0.15, 0.2) is 0 Å². The third kappa shape index (κ3) is 5.61. The maximum atomic E-state index is 5.78. The summed E-state index contributed by atoms with van der Waals surface area (Å²) in [5.74, 6) is 2.83. The summed E-state index contributed by atoms with van der Waals surface area (Å²) in [6.07, 6.45) is 9.53. The molecule has 1 saturated carbocycles. The molecular formula is C18H25NOS. The molecule has 1 fully saturated rings. The van der Waals surface area contributed by atoms with Gasteiger partial charge < -0.3 is 4.74 Å². The zero-order valence-corrected chi connectivity index (χ0v) is 13.7. The number of hydrogen-bond acceptors (Lipinski definition) is 3. The third-order valence-electron chi connectivity index (χ3n) is 4.58. The van der Waals surface area contributed by atoms with Crippen molar-refractivity contribution in [2.75, 3.05) is 6.61 Å². The lowest BCUT2D eigenvalue weighted by Crippen LogP contribution is -2.14. The van der Waals surface area contributed by atoms with Gasteiger partial charge in [-0.3, -0.25) is 0 Å². The van der Waals surface area contributed by atoms with Gasteiger partial charge in [-0.05, 0) is 61.2 Å². The molecule has 0 N–H and O–H groups in total. The molecule has 0 saturated heterocycles. The minimum atomic E-state index is 0.809. The first kappa shape index (κ1) is 16.2. The quantitative estimate of drug-likeness (QED) is 0.361. The molecule has 21 heavy (non-hydrogen) atoms. The van der Waals surface area contributed by atoms with E-state index in [1.807, 2.05) is 24.3 Å². The third-order valence-corrected chi connectivity index (χ3v) is 4.67. The molecule has 1 aromatic rings. The highest BCUT2D eigenvalue weighted by Gasteiger charge is 2.19. The molecule has 114 valence electrons. The molecule has 0 bridgehead atoms. The monoisotopic (exact) mass is 303 g/mol. The van der Waals surface area contributed by atoms with Gasteiger partial charge >= 0.3 is 0 Å². The summed E-state index contributed by atoms with van der Waals surface area (Å²) in [5.41, 5.74) is 0.824. The van der Waals surface area contributed by atoms with Gasteiger partial charge in [-0.2, -0.15) is 4.99 Å². The summed E-state index contributed by atoms with van der Waals surface area (Å²) in [5, 5.41) is 2.37. The van der Waals surface area contributed by atoms with Gasteiger partial charge in [-0.25, -0.2) is 0 Å². The lowest BCUT2D eigenvalue weighted by molar-refractivity contribution is 0.234. The van der Waals surface area contributed by atoms with Crippen LogP contribution < -0.4 is 4.74 Å². The highest BCUT2D eigenvalue weighted by molar-refractivity contribution is 7.78. The van der Waals surface area contributed by atoms with Crippen LogP contribution in [-0.2, 0) is 0 Å². The molecule has 0 amide bonds. The van der Waals surface area contributed by atoms with Crippen molar-refractivity contribution in [3.8, 4) is 5.75 Å². The van der Waals surface area contributed by atoms with Crippen molar-refractivity contribution in [1.82, 2.24) is 0 Å². The van der Waals surface area contributed by atoms with E-state index in [2.05, 4.69) is 29.3 Å². The van der Waals surface area contributed by atoms with E-state index >= 15 is 0 Å². The van der Waals surface area contributed by atoms with Crippen LogP contribution in [0.5, 0.6) is 5.75 Å². The van der Waals surface area contributed by atoms with Crippen LogP contribution in [0, 0.1) is 11.8 Å². The Morgan fingerprint density at radius 3 is 2.43 bits per heavy atom. The molecule has 1 aliphatic rings. The van der Waals surface area contributed by atoms with Crippen molar-refractivity contribution in [2.45, 2.75) is 51.9 Å². The standard InChI is InChI=1S/C18H25NOS/c1-2-15-5-7-16(8-6-15)4-3-13-20-18-11-9-17(10-12-18)19-14-21/h9-12,15-16H,2-8,13H2,1H3/t15-,16-. The average molecular weight is 303 g/mol. The topological polar surface area (TPSA) is 21.6 Å². The molecule has 0 aliphatic heterocycles. The van der Waals surface area contributed by atoms with Gasteiger partial charge in [-0.1, -0.05) is 39.0 Å². The summed E-state index contributed by atoms with van der Waals surface area (Å²) in [4.78, 5) is 3.93. The minimum absolute atomic E-state index is 0.809. The van der Waals surface area contributed by atoms with Crippen LogP contribution in [0.25, 0.3) is 0 Å². The maximum absolute atomic E-state index is 5.78. The molecular weight excluding hydrogens is 278 g/mol. The fourth-order valence-corrected chi connectivity index (χ4v) is 3.27. The summed E-state index contributed by atoms with van der Waals surface area (Å²) in [6, 6.07) is 7.69. The first-order chi connectivity index (χ1) is 10.3. The maximum Gasteiger partial charge on any atom is 0.119 e. The summed E-state index contributed by atoms with van der Waals surface area (Å²) >= 11 is 4.58. The Kier molecular flexibility index (Phi) is 6.91. The van der Waals surface area contributed by atoms with Crippen molar-refractivity contribution in [2.24, 2.45) is 16.8 Å². The largest absolute Gasteiger partial charge is 0.494 e. The second-order valence-corrected chi connectivity index (χ2v) is 6.17. The summed E-state index contributed by atoms with van der Waals surface area (Å²) in [6.45, 7) is 3.13. The van der Waals surface area contributed by atoms with Crippen molar-refractivity contribution < 1.29 is 4.74 Å². The minimum Gasteiger partial charge on any atom is -0.494 e. The molecule has 0 radical (unpaired) electrons. The molecule has 0 heterocycles. The van der Waals surface area contributed by atoms with Crippen molar-refractivity contribution in [3.63, 3.8) is 0 Å². The second kappa shape index (κ2) is 8.96. The van der Waals surface area contributed by atoms with Crippen LogP contribution in [0.4, 0.5) is 5.69 Å². The van der Waals surface area contributed by atoms with Crippen molar-refractivity contribution >= 4 is 23.1 Å². The van der Waals surface area contributed by atoms with E-state index < -0.39 is 0 Å². The van der Waals surface area contributed by atoms with Crippen LogP contribution in [0.15, 0.2) is 29.3 Å². The van der Waals surface area contributed by atoms with Crippen molar-refractivity contribution in [1.29, 1.82) is 0 Å². The Labute approximate surface area is 133 Å². The van der Waals surface area contributed by atoms with Gasteiger partial charge in [0, 0.05) is 0 Å². The Bertz CT molecular complexity index is 457. The number of hydrogen-bond donors (Lipinski definition) is 0. The lowest BCUT2D eigenvalue weighted by atomic mass is 9.79. The van der Waals surface area contributed by atoms with Gasteiger partial charge in [0.25, 0.3) is 0 Å². The van der Waals surface area contributed by atoms with Gasteiger partial charge in [0.1, 0.15) is 5.75 Å². The van der Waals surface area contributed by atoms with Crippen LogP contribution in [0.1, 0.15) is 51.9 Å². The molecule has 1 aromatic carbocycles. The summed E-state index contributed by atoms with van der Waals surface area (Å²) in [7, 11) is 0. The van der Waals surface area contributed by atoms with E-state index in [-0.39, 0.29) is 0 Å². The fraction of sp³-hybridized carbons (Fsp3) is 0.611. The number of thiocarbonyl (C=S) groups is 1. The van der Waals surface area contributed by atoms with Crippen molar-refractivity contribution in [3.05, 3.63) is 24.3 Å². The van der Waals surface area contributed by atoms with E-state index in [9.17, 15) is 0 Å². The molecule has 2 nitrogen and oxygen atoms in total. The number of benzene rings is 1. The highest BCUT2D eigenvalue weighted by Crippen LogP contribution is 2.33. The van der Waals surface area contributed by atoms with Gasteiger partial charge in [-0.15, -0.1) is 0 Å². The number of rotatable bonds is 7. The zero-order chi connectivity index (χ0) is 14.9. The zero-order valence-electron chi connectivity index (χ0n) is 12.9. The van der Waals surface area contributed by atoms with E-state index in [0.717, 1.165) is 36.3 Å². The van der Waals surface area contributed by atoms with Crippen LogP contribution in [-0.4, -0.2) is 11.8 Å². The number of ether oxygens (including phenoxy) is 1. The van der Waals surface area contributed by atoms with E-state index in [4.69, 9.17) is 4.74 Å². The first-order valence-corrected chi connectivity index (χ1v) is 8.53. The number of nitrogens with zero attached hydrogens (tertiary/aromatic N) is 1. The Balaban J connectivity index is 1.62. The SMILES string of the molecule is CC[C@H]1CC[C@H](CCCOc2ccc(N=C=S)cc2)CC1. The molecule has 0 unspecified atom stereocenters. The van der Waals surface area contributed by atoms with E-state index in [1.54, 1.807) is 0 Å². The van der Waals surface area contributed by atoms with Crippen LogP contribution >= 0.6 is 12.2 Å². The molecule has 2 rings (SSSR count). The average Bonchev–Trinajstić information content (AvgIpc) is 2.54. The molecule has 0 spiro atoms. The van der Waals surface area contributed by atoms with Gasteiger partial charge in [0.05, 0.1) is 17.5 Å². The Morgan fingerprint density at radius 1 is 1.14 bits per heavy atom. The highest BCUT2D eigenvalue weighted by atomic mass is 32.1. The molecule has 1 aliphatic carbocycles. The van der Waals surface area contributed by atoms with E-state index in [0.29, 0.717) is 0 Å².